The summed E-state index contributed by atoms with van der Waals surface area (Å²) in [4.78, 5) is 5.55. The number of pyridine rings is 1. The van der Waals surface area contributed by atoms with Crippen LogP contribution >= 0.6 is 46.9 Å². The summed E-state index contributed by atoms with van der Waals surface area (Å²) in [5.74, 6) is 0.0923. The Labute approximate surface area is 160 Å². The summed E-state index contributed by atoms with van der Waals surface area (Å²) in [6, 6.07) is 3.73. The van der Waals surface area contributed by atoms with Gasteiger partial charge in [0.25, 0.3) is 0 Å². The molecule has 2 aromatic rings. The third-order valence-electron chi connectivity index (χ3n) is 3.75. The van der Waals surface area contributed by atoms with Gasteiger partial charge in [-0.3, -0.25) is 4.98 Å². The maximum atomic E-state index is 6.31. The number of rotatable bonds is 2. The van der Waals surface area contributed by atoms with Crippen LogP contribution in [0.5, 0.6) is 0 Å². The van der Waals surface area contributed by atoms with E-state index in [1.807, 2.05) is 13.0 Å². The Morgan fingerprint density at radius 3 is 2.71 bits per heavy atom. The van der Waals surface area contributed by atoms with Crippen LogP contribution in [0.1, 0.15) is 34.0 Å². The molecular weight excluding hydrogens is 389 g/mol. The van der Waals surface area contributed by atoms with Gasteiger partial charge < -0.3 is 11.5 Å². The van der Waals surface area contributed by atoms with Gasteiger partial charge in [0.05, 0.1) is 20.8 Å². The summed E-state index contributed by atoms with van der Waals surface area (Å²) >= 11 is 13.9. The van der Waals surface area contributed by atoms with Crippen molar-refractivity contribution in [2.24, 2.45) is 21.7 Å². The zero-order valence-corrected chi connectivity index (χ0v) is 15.9. The van der Waals surface area contributed by atoms with Crippen LogP contribution in [-0.4, -0.2) is 16.7 Å². The van der Waals surface area contributed by atoms with E-state index in [-0.39, 0.29) is 24.3 Å². The minimum atomic E-state index is -0.0695. The summed E-state index contributed by atoms with van der Waals surface area (Å²) in [5.41, 5.74) is 14.7. The van der Waals surface area contributed by atoms with E-state index in [0.717, 1.165) is 33.8 Å². The van der Waals surface area contributed by atoms with Crippen molar-refractivity contribution in [3.63, 3.8) is 0 Å². The summed E-state index contributed by atoms with van der Waals surface area (Å²) in [6.45, 7) is 2.03. The SMILES string of the molecule is Cc1ccnc2c1C(=NN=C(N)N)CC(c1sc(Cl)cc1Cl)C2.Cl. The van der Waals surface area contributed by atoms with Crippen LogP contribution in [0.25, 0.3) is 0 Å². The first-order valence-corrected chi connectivity index (χ1v) is 8.58. The van der Waals surface area contributed by atoms with Crippen molar-refractivity contribution in [1.29, 1.82) is 0 Å². The molecule has 9 heteroatoms. The molecule has 0 aromatic carbocycles. The van der Waals surface area contributed by atoms with E-state index in [2.05, 4.69) is 15.2 Å². The second kappa shape index (κ2) is 7.70. The van der Waals surface area contributed by atoms with Crippen molar-refractivity contribution in [1.82, 2.24) is 4.98 Å². The largest absolute Gasteiger partial charge is 0.369 e. The normalized spacial score (nSPS) is 18.0. The molecule has 0 saturated carbocycles. The third kappa shape index (κ3) is 3.83. The van der Waals surface area contributed by atoms with Gasteiger partial charge in [-0.2, -0.15) is 5.10 Å². The fourth-order valence-electron chi connectivity index (χ4n) is 2.83. The summed E-state index contributed by atoms with van der Waals surface area (Å²) in [6.07, 6.45) is 3.28. The fourth-order valence-corrected chi connectivity index (χ4v) is 4.57. The predicted molar refractivity (Wildman–Crippen MR) is 104 cm³/mol. The van der Waals surface area contributed by atoms with E-state index in [1.165, 1.54) is 11.3 Å². The summed E-state index contributed by atoms with van der Waals surface area (Å²) in [7, 11) is 0. The van der Waals surface area contributed by atoms with E-state index < -0.39 is 0 Å². The van der Waals surface area contributed by atoms with E-state index in [1.54, 1.807) is 12.3 Å². The van der Waals surface area contributed by atoms with Crippen LogP contribution in [0.3, 0.4) is 0 Å². The lowest BCUT2D eigenvalue weighted by molar-refractivity contribution is 0.689. The maximum Gasteiger partial charge on any atom is 0.211 e. The Hall–Kier alpha value is -1.34. The number of hydrogen-bond acceptors (Lipinski definition) is 4. The first-order valence-electron chi connectivity index (χ1n) is 7.00. The summed E-state index contributed by atoms with van der Waals surface area (Å²) < 4.78 is 0.677. The van der Waals surface area contributed by atoms with Crippen molar-refractivity contribution >= 4 is 58.6 Å². The molecule has 0 aliphatic heterocycles. The molecule has 4 N–H and O–H groups in total. The number of halogens is 3. The van der Waals surface area contributed by atoms with E-state index in [4.69, 9.17) is 34.7 Å². The Kier molecular flexibility index (Phi) is 6.09. The van der Waals surface area contributed by atoms with Crippen molar-refractivity contribution in [3.05, 3.63) is 49.4 Å². The van der Waals surface area contributed by atoms with Gasteiger partial charge in [0.1, 0.15) is 0 Å². The molecule has 2 aromatic heterocycles. The highest BCUT2D eigenvalue weighted by Gasteiger charge is 2.29. The molecule has 128 valence electrons. The second-order valence-electron chi connectivity index (χ2n) is 5.39. The quantitative estimate of drug-likeness (QED) is 0.452. The third-order valence-corrected chi connectivity index (χ3v) is 5.60. The minimum Gasteiger partial charge on any atom is -0.369 e. The van der Waals surface area contributed by atoms with Gasteiger partial charge in [-0.1, -0.05) is 23.2 Å². The number of aryl methyl sites for hydroxylation is 1. The van der Waals surface area contributed by atoms with Crippen molar-refractivity contribution in [2.45, 2.75) is 25.7 Å². The lowest BCUT2D eigenvalue weighted by atomic mass is 9.83. The average Bonchev–Trinajstić information content (AvgIpc) is 2.83. The van der Waals surface area contributed by atoms with Crippen LogP contribution < -0.4 is 11.5 Å². The highest BCUT2D eigenvalue weighted by atomic mass is 35.5. The lowest BCUT2D eigenvalue weighted by Gasteiger charge is -2.25. The molecule has 0 fully saturated rings. The zero-order chi connectivity index (χ0) is 16.6. The number of guanidine groups is 1. The van der Waals surface area contributed by atoms with Gasteiger partial charge in [-0.15, -0.1) is 28.8 Å². The molecule has 1 aliphatic carbocycles. The van der Waals surface area contributed by atoms with Crippen LogP contribution in [0.4, 0.5) is 0 Å². The molecule has 24 heavy (non-hydrogen) atoms. The molecule has 0 bridgehead atoms. The van der Waals surface area contributed by atoms with Gasteiger partial charge in [0.2, 0.25) is 5.96 Å². The molecule has 1 aliphatic rings. The highest BCUT2D eigenvalue weighted by Crippen LogP contribution is 2.42. The zero-order valence-electron chi connectivity index (χ0n) is 12.8. The molecule has 0 amide bonds. The van der Waals surface area contributed by atoms with Gasteiger partial charge in [0.15, 0.2) is 0 Å². The first-order chi connectivity index (χ1) is 11.0. The van der Waals surface area contributed by atoms with Crippen LogP contribution in [0.2, 0.25) is 9.36 Å². The molecule has 0 spiro atoms. The topological polar surface area (TPSA) is 89.6 Å². The van der Waals surface area contributed by atoms with E-state index >= 15 is 0 Å². The highest BCUT2D eigenvalue weighted by molar-refractivity contribution is 7.16. The average molecular weight is 405 g/mol. The summed E-state index contributed by atoms with van der Waals surface area (Å²) in [5, 5.41) is 8.74. The monoisotopic (exact) mass is 403 g/mol. The predicted octanol–water partition coefficient (Wildman–Crippen LogP) is 3.89. The van der Waals surface area contributed by atoms with E-state index in [0.29, 0.717) is 15.8 Å². The van der Waals surface area contributed by atoms with Crippen LogP contribution in [-0.2, 0) is 6.42 Å². The molecule has 2 heterocycles. The molecule has 1 unspecified atom stereocenters. The lowest BCUT2D eigenvalue weighted by Crippen LogP contribution is -2.24. The van der Waals surface area contributed by atoms with Gasteiger partial charge >= 0.3 is 0 Å². The fraction of sp³-hybridized carbons (Fsp3) is 0.267. The number of thiophene rings is 1. The standard InChI is InChI=1S/C15H15Cl2N5S.ClH/c1-7-2-3-20-10-4-8(14-9(16)6-12(17)23-14)5-11(13(7)10)21-22-15(18)19;/h2-3,6,8H,4-5H2,1H3,(H4,18,19,22);1H. The molecule has 5 nitrogen and oxygen atoms in total. The smallest absolute Gasteiger partial charge is 0.211 e. The van der Waals surface area contributed by atoms with Gasteiger partial charge in [-0.25, -0.2) is 0 Å². The van der Waals surface area contributed by atoms with Crippen molar-refractivity contribution < 1.29 is 0 Å². The van der Waals surface area contributed by atoms with Gasteiger partial charge in [-0.05, 0) is 31.0 Å². The van der Waals surface area contributed by atoms with Crippen LogP contribution in [0.15, 0.2) is 28.5 Å². The molecule has 0 radical (unpaired) electrons. The number of hydrogen-bond donors (Lipinski definition) is 2. The number of nitrogens with zero attached hydrogens (tertiary/aromatic N) is 3. The number of nitrogens with two attached hydrogens (primary N) is 2. The van der Waals surface area contributed by atoms with Crippen molar-refractivity contribution in [2.75, 3.05) is 0 Å². The minimum absolute atomic E-state index is 0. The van der Waals surface area contributed by atoms with Gasteiger partial charge in [0, 0.05) is 29.0 Å². The Morgan fingerprint density at radius 2 is 2.08 bits per heavy atom. The molecule has 0 saturated heterocycles. The van der Waals surface area contributed by atoms with Crippen LogP contribution in [0, 0.1) is 6.92 Å². The Bertz CT molecular complexity index is 811. The molecule has 1 atom stereocenters. The second-order valence-corrected chi connectivity index (χ2v) is 7.51. The molecule has 3 rings (SSSR count). The number of aromatic nitrogens is 1. The van der Waals surface area contributed by atoms with E-state index in [9.17, 15) is 0 Å². The maximum absolute atomic E-state index is 6.31. The Morgan fingerprint density at radius 1 is 1.33 bits per heavy atom. The first kappa shape index (κ1) is 19.0. The number of fused-ring (bicyclic) bond motifs is 1. The molecular formula is C15H16Cl3N5S. The Balaban J connectivity index is 0.00000208. The van der Waals surface area contributed by atoms with Crippen molar-refractivity contribution in [3.8, 4) is 0 Å².